The highest BCUT2D eigenvalue weighted by atomic mass is 32.2. The number of fused-ring (bicyclic) bond motifs is 1. The van der Waals surface area contributed by atoms with Gasteiger partial charge in [0.2, 0.25) is 0 Å². The normalized spacial score (nSPS) is 22.2. The number of hydrogen-bond acceptors (Lipinski definition) is 8. The SMILES string of the molecule is CC(=O)OCC1=C(C(=O)OC(C)(C)C)N2C(=O)[C@@H](N=C=C3C=C(C(C)(C)C)C(=O)C(C(C)(C)C)=C3)[C@H]2SC1. The van der Waals surface area contributed by atoms with E-state index in [1.165, 1.54) is 23.6 Å². The molecule has 0 aromatic rings. The third kappa shape index (κ3) is 6.38. The van der Waals surface area contributed by atoms with Crippen molar-refractivity contribution >= 4 is 41.3 Å². The number of allylic oxidation sites excluding steroid dienone is 5. The van der Waals surface area contributed by atoms with Gasteiger partial charge in [0.1, 0.15) is 23.3 Å². The number of hydrogen-bond donors (Lipinski definition) is 0. The zero-order valence-electron chi connectivity index (χ0n) is 24.0. The highest BCUT2D eigenvalue weighted by Gasteiger charge is 2.54. The van der Waals surface area contributed by atoms with E-state index in [-0.39, 0.29) is 34.8 Å². The van der Waals surface area contributed by atoms with E-state index in [1.807, 2.05) is 41.5 Å². The minimum absolute atomic E-state index is 0.0109. The second-order valence-corrected chi connectivity index (χ2v) is 13.8. The zero-order valence-corrected chi connectivity index (χ0v) is 24.8. The van der Waals surface area contributed by atoms with Crippen molar-refractivity contribution in [3.8, 4) is 0 Å². The van der Waals surface area contributed by atoms with Gasteiger partial charge < -0.3 is 9.47 Å². The van der Waals surface area contributed by atoms with Gasteiger partial charge in [0.15, 0.2) is 11.8 Å². The molecule has 0 N–H and O–H groups in total. The Kier molecular flexibility index (Phi) is 8.07. The lowest BCUT2D eigenvalue weighted by Gasteiger charge is -2.48. The monoisotopic (exact) mass is 542 g/mol. The van der Waals surface area contributed by atoms with Crippen LogP contribution in [-0.4, -0.2) is 63.8 Å². The maximum absolute atomic E-state index is 13.3. The van der Waals surface area contributed by atoms with Crippen molar-refractivity contribution in [3.05, 3.63) is 40.1 Å². The van der Waals surface area contributed by atoms with Crippen LogP contribution in [0.2, 0.25) is 0 Å². The van der Waals surface area contributed by atoms with Crippen LogP contribution in [0.3, 0.4) is 0 Å². The highest BCUT2D eigenvalue weighted by Crippen LogP contribution is 2.43. The molecule has 2 aliphatic heterocycles. The van der Waals surface area contributed by atoms with E-state index in [4.69, 9.17) is 9.47 Å². The molecule has 0 unspecified atom stereocenters. The number of Topliss-reactive ketones (excluding diaryl/α,β-unsaturated/α-hetero) is 1. The molecule has 1 fully saturated rings. The van der Waals surface area contributed by atoms with Crippen LogP contribution in [0, 0.1) is 10.8 Å². The summed E-state index contributed by atoms with van der Waals surface area (Å²) in [6, 6.07) is -0.740. The molecule has 2 atom stereocenters. The summed E-state index contributed by atoms with van der Waals surface area (Å²) < 4.78 is 10.7. The van der Waals surface area contributed by atoms with Crippen molar-refractivity contribution in [2.75, 3.05) is 12.4 Å². The number of rotatable bonds is 4. The number of thioether (sulfide) groups is 1. The molecular formula is C29H38N2O6S. The Balaban J connectivity index is 1.98. The number of ketones is 1. The maximum Gasteiger partial charge on any atom is 0.355 e. The Labute approximate surface area is 229 Å². The molecule has 0 radical (unpaired) electrons. The predicted octanol–water partition coefficient (Wildman–Crippen LogP) is 4.55. The standard InChI is InChI=1S/C29H38N2O6S/c1-16(32)36-14-18-15-38-25-21(24(34)31(25)22(18)26(35)37-29(8,9)10)30-13-17-11-19(27(2,3)4)23(33)20(12-17)28(5,6)7/h11-12,21,25H,14-15H2,1-10H3/t21-,25-/m1/s1. The van der Waals surface area contributed by atoms with Crippen molar-refractivity contribution in [1.82, 2.24) is 4.90 Å². The summed E-state index contributed by atoms with van der Waals surface area (Å²) in [7, 11) is 0. The van der Waals surface area contributed by atoms with Gasteiger partial charge in [0, 0.05) is 35.0 Å². The first-order valence-electron chi connectivity index (χ1n) is 12.7. The van der Waals surface area contributed by atoms with Gasteiger partial charge in [-0.05, 0) is 49.6 Å². The molecule has 0 spiro atoms. The third-order valence-electron chi connectivity index (χ3n) is 6.10. The second kappa shape index (κ2) is 10.3. The fourth-order valence-corrected chi connectivity index (χ4v) is 5.53. The minimum Gasteiger partial charge on any atom is -0.461 e. The number of amides is 1. The summed E-state index contributed by atoms with van der Waals surface area (Å²) in [6.45, 7) is 18.4. The number of ether oxygens (including phenoxy) is 2. The Hall–Kier alpha value is -2.90. The van der Waals surface area contributed by atoms with E-state index in [0.29, 0.717) is 28.0 Å². The quantitative estimate of drug-likeness (QED) is 0.292. The Morgan fingerprint density at radius 1 is 1.03 bits per heavy atom. The molecule has 0 aromatic heterocycles. The summed E-state index contributed by atoms with van der Waals surface area (Å²) in [6.07, 6.45) is 3.58. The van der Waals surface area contributed by atoms with Gasteiger partial charge in [-0.1, -0.05) is 41.5 Å². The fraction of sp³-hybridized carbons (Fsp3) is 0.586. The van der Waals surface area contributed by atoms with Crippen LogP contribution in [0.1, 0.15) is 69.2 Å². The lowest BCUT2D eigenvalue weighted by molar-refractivity contribution is -0.158. The number of carbonyl (C=O) groups is 4. The molecule has 0 aromatic carbocycles. The van der Waals surface area contributed by atoms with Crippen molar-refractivity contribution in [2.24, 2.45) is 15.8 Å². The Bertz CT molecular complexity index is 1190. The van der Waals surface area contributed by atoms with E-state index in [1.54, 1.807) is 32.9 Å². The van der Waals surface area contributed by atoms with Crippen molar-refractivity contribution in [3.63, 3.8) is 0 Å². The van der Waals surface area contributed by atoms with Crippen molar-refractivity contribution in [1.29, 1.82) is 0 Å². The molecule has 38 heavy (non-hydrogen) atoms. The van der Waals surface area contributed by atoms with Crippen LogP contribution < -0.4 is 0 Å². The van der Waals surface area contributed by atoms with Crippen LogP contribution in [0.25, 0.3) is 0 Å². The maximum atomic E-state index is 13.3. The first-order valence-corrected chi connectivity index (χ1v) is 13.7. The molecule has 8 nitrogen and oxygen atoms in total. The molecular weight excluding hydrogens is 504 g/mol. The molecule has 1 saturated heterocycles. The van der Waals surface area contributed by atoms with E-state index in [9.17, 15) is 19.2 Å². The van der Waals surface area contributed by atoms with E-state index >= 15 is 0 Å². The van der Waals surface area contributed by atoms with Gasteiger partial charge in [-0.3, -0.25) is 19.3 Å². The second-order valence-electron chi connectivity index (χ2n) is 12.7. The van der Waals surface area contributed by atoms with E-state index in [0.717, 1.165) is 0 Å². The summed E-state index contributed by atoms with van der Waals surface area (Å²) in [5.74, 6) is 1.94. The van der Waals surface area contributed by atoms with Crippen LogP contribution in [-0.2, 0) is 28.7 Å². The van der Waals surface area contributed by atoms with Crippen LogP contribution in [0.4, 0.5) is 0 Å². The summed E-state index contributed by atoms with van der Waals surface area (Å²) >= 11 is 1.44. The van der Waals surface area contributed by atoms with Gasteiger partial charge in [-0.25, -0.2) is 9.79 Å². The molecule has 9 heteroatoms. The minimum atomic E-state index is -0.765. The predicted molar refractivity (Wildman–Crippen MR) is 147 cm³/mol. The average molecular weight is 543 g/mol. The largest absolute Gasteiger partial charge is 0.461 e. The van der Waals surface area contributed by atoms with Gasteiger partial charge in [0.25, 0.3) is 5.91 Å². The molecule has 3 rings (SSSR count). The van der Waals surface area contributed by atoms with Gasteiger partial charge >= 0.3 is 11.9 Å². The first kappa shape index (κ1) is 29.7. The van der Waals surface area contributed by atoms with Crippen LogP contribution in [0.15, 0.2) is 45.1 Å². The lowest BCUT2D eigenvalue weighted by Crippen LogP contribution is -2.64. The number of nitrogens with zero attached hydrogens (tertiary/aromatic N) is 2. The molecule has 0 bridgehead atoms. The molecule has 1 aliphatic carbocycles. The van der Waals surface area contributed by atoms with Gasteiger partial charge in [-0.15, -0.1) is 11.8 Å². The van der Waals surface area contributed by atoms with Crippen LogP contribution in [0.5, 0.6) is 0 Å². The molecule has 3 aliphatic rings. The Morgan fingerprint density at radius 3 is 2.05 bits per heavy atom. The smallest absolute Gasteiger partial charge is 0.355 e. The number of β-lactam (4-membered cyclic amide) rings is 1. The summed E-state index contributed by atoms with van der Waals surface area (Å²) in [5, 5.41) is -0.415. The van der Waals surface area contributed by atoms with Crippen LogP contribution >= 0.6 is 11.8 Å². The third-order valence-corrected chi connectivity index (χ3v) is 7.42. The Morgan fingerprint density at radius 2 is 1.58 bits per heavy atom. The zero-order chi connectivity index (χ0) is 28.8. The van der Waals surface area contributed by atoms with Gasteiger partial charge in [0.05, 0.1) is 0 Å². The average Bonchev–Trinajstić information content (AvgIpc) is 2.75. The highest BCUT2D eigenvalue weighted by molar-refractivity contribution is 8.00. The molecule has 206 valence electrons. The summed E-state index contributed by atoms with van der Waals surface area (Å²) in [5.41, 5.74) is 1.09. The molecule has 2 heterocycles. The number of carbonyl (C=O) groups excluding carboxylic acids is 4. The topological polar surface area (TPSA) is 102 Å². The van der Waals surface area contributed by atoms with E-state index in [2.05, 4.69) is 10.9 Å². The lowest BCUT2D eigenvalue weighted by atomic mass is 9.72. The summed E-state index contributed by atoms with van der Waals surface area (Å²) in [4.78, 5) is 56.8. The molecule has 0 saturated carbocycles. The first-order chi connectivity index (χ1) is 17.3. The number of esters is 2. The molecule has 1 amide bonds. The number of aliphatic imine (C=N–C) groups is 1. The van der Waals surface area contributed by atoms with Crippen molar-refractivity contribution in [2.45, 2.75) is 86.3 Å². The van der Waals surface area contributed by atoms with E-state index < -0.39 is 29.0 Å². The fourth-order valence-electron chi connectivity index (χ4n) is 4.22. The van der Waals surface area contributed by atoms with Gasteiger partial charge in [-0.2, -0.15) is 0 Å². The van der Waals surface area contributed by atoms with Crippen molar-refractivity contribution < 1.29 is 28.7 Å².